The zero-order valence-electron chi connectivity index (χ0n) is 7.77. The number of nitrogens with two attached hydrogens (primary N) is 1. The van der Waals surface area contributed by atoms with Crippen molar-refractivity contribution in [3.8, 4) is 0 Å². The fourth-order valence-corrected chi connectivity index (χ4v) is 1.05. The van der Waals surface area contributed by atoms with E-state index in [4.69, 9.17) is 15.9 Å². The number of carboxylic acids is 1. The van der Waals surface area contributed by atoms with Crippen molar-refractivity contribution in [2.75, 3.05) is 0 Å². The van der Waals surface area contributed by atoms with Gasteiger partial charge in [0, 0.05) is 6.04 Å². The van der Waals surface area contributed by atoms with Crippen molar-refractivity contribution >= 4 is 5.97 Å². The second-order valence-corrected chi connectivity index (χ2v) is 3.52. The summed E-state index contributed by atoms with van der Waals surface area (Å²) in [5.74, 6) is -1.47. The van der Waals surface area contributed by atoms with Gasteiger partial charge in [-0.2, -0.15) is 0 Å². The van der Waals surface area contributed by atoms with Crippen molar-refractivity contribution in [3.63, 3.8) is 0 Å². The van der Waals surface area contributed by atoms with E-state index >= 15 is 0 Å². The molecule has 78 valence electrons. The van der Waals surface area contributed by atoms with E-state index in [-0.39, 0.29) is 5.92 Å². The molecule has 0 amide bonds. The van der Waals surface area contributed by atoms with Gasteiger partial charge in [-0.1, -0.05) is 13.8 Å². The van der Waals surface area contributed by atoms with Gasteiger partial charge in [0.2, 0.25) is 6.17 Å². The minimum atomic E-state index is -2.30. The molecule has 0 radical (unpaired) electrons. The molecule has 5 heteroatoms. The molecule has 0 fully saturated rings. The molecule has 0 saturated heterocycles. The Morgan fingerprint density at radius 2 is 2.00 bits per heavy atom. The molecule has 0 spiro atoms. The number of carboxylic acid groups (broad SMARTS) is 1. The third-order valence-corrected chi connectivity index (χ3v) is 1.72. The number of rotatable bonds is 5. The Morgan fingerprint density at radius 1 is 1.54 bits per heavy atom. The van der Waals surface area contributed by atoms with E-state index in [2.05, 4.69) is 0 Å². The summed E-state index contributed by atoms with van der Waals surface area (Å²) in [6, 6.07) is -0.828. The lowest BCUT2D eigenvalue weighted by atomic mass is 9.97. The van der Waals surface area contributed by atoms with Crippen molar-refractivity contribution in [1.82, 2.24) is 0 Å². The molecule has 0 heterocycles. The van der Waals surface area contributed by atoms with E-state index in [1.165, 1.54) is 0 Å². The lowest BCUT2D eigenvalue weighted by molar-refractivity contribution is -0.147. The van der Waals surface area contributed by atoms with Gasteiger partial charge in [0.05, 0.1) is 0 Å². The lowest BCUT2D eigenvalue weighted by Crippen LogP contribution is -2.45. The zero-order chi connectivity index (χ0) is 10.6. The molecule has 0 unspecified atom stereocenters. The van der Waals surface area contributed by atoms with Crippen LogP contribution >= 0.6 is 0 Å². The number of aliphatic hydroxyl groups excluding tert-OH is 1. The molecule has 4 N–H and O–H groups in total. The quantitative estimate of drug-likeness (QED) is 0.580. The fourth-order valence-electron chi connectivity index (χ4n) is 1.05. The van der Waals surface area contributed by atoms with Crippen LogP contribution in [0.1, 0.15) is 20.3 Å². The highest BCUT2D eigenvalue weighted by atomic mass is 19.1. The molecular formula is C8H16FNO3. The standard InChI is InChI=1S/C8H16FNO3/c1-4(2)3-5(10)7(11)6(9)8(12)13/h4-7,11H,3,10H2,1-2H3,(H,12,13)/t5-,6+,7+/m0/s1. The van der Waals surface area contributed by atoms with Crippen molar-refractivity contribution in [1.29, 1.82) is 0 Å². The highest BCUT2D eigenvalue weighted by Gasteiger charge is 2.30. The van der Waals surface area contributed by atoms with Crippen LogP contribution in [-0.4, -0.2) is 34.5 Å². The summed E-state index contributed by atoms with van der Waals surface area (Å²) in [6.45, 7) is 3.72. The van der Waals surface area contributed by atoms with Crippen LogP contribution in [0.2, 0.25) is 0 Å². The molecule has 4 nitrogen and oxygen atoms in total. The first kappa shape index (κ1) is 12.3. The van der Waals surface area contributed by atoms with Gasteiger partial charge >= 0.3 is 5.97 Å². The van der Waals surface area contributed by atoms with E-state index < -0.39 is 24.3 Å². The second kappa shape index (κ2) is 5.14. The van der Waals surface area contributed by atoms with Crippen LogP contribution in [0.4, 0.5) is 4.39 Å². The minimum absolute atomic E-state index is 0.200. The molecule has 3 atom stereocenters. The van der Waals surface area contributed by atoms with Crippen LogP contribution in [0.25, 0.3) is 0 Å². The van der Waals surface area contributed by atoms with Gasteiger partial charge in [-0.05, 0) is 12.3 Å². The first-order valence-corrected chi connectivity index (χ1v) is 4.16. The summed E-state index contributed by atoms with van der Waals surface area (Å²) in [7, 11) is 0. The first-order valence-electron chi connectivity index (χ1n) is 4.16. The monoisotopic (exact) mass is 193 g/mol. The Kier molecular flexibility index (Phi) is 4.87. The summed E-state index contributed by atoms with van der Waals surface area (Å²) in [5, 5.41) is 17.4. The second-order valence-electron chi connectivity index (χ2n) is 3.52. The molecule has 0 saturated carbocycles. The SMILES string of the molecule is CC(C)C[C@H](N)[C@@H](O)[C@@H](F)C(=O)O. The van der Waals surface area contributed by atoms with Crippen LogP contribution in [-0.2, 0) is 4.79 Å². The molecule has 0 aromatic heterocycles. The third-order valence-electron chi connectivity index (χ3n) is 1.72. The molecule has 0 rings (SSSR count). The van der Waals surface area contributed by atoms with Gasteiger partial charge in [0.15, 0.2) is 0 Å². The van der Waals surface area contributed by atoms with Crippen LogP contribution < -0.4 is 5.73 Å². The van der Waals surface area contributed by atoms with Crippen molar-refractivity contribution in [3.05, 3.63) is 0 Å². The number of aliphatic carboxylic acids is 1. The van der Waals surface area contributed by atoms with Gasteiger partial charge < -0.3 is 15.9 Å². The zero-order valence-corrected chi connectivity index (χ0v) is 7.77. The Morgan fingerprint density at radius 3 is 2.31 bits per heavy atom. The van der Waals surface area contributed by atoms with Crippen molar-refractivity contribution in [2.45, 2.75) is 38.6 Å². The molecular weight excluding hydrogens is 177 g/mol. The van der Waals surface area contributed by atoms with Gasteiger partial charge in [-0.3, -0.25) is 0 Å². The van der Waals surface area contributed by atoms with Crippen molar-refractivity contribution in [2.24, 2.45) is 11.7 Å². The highest BCUT2D eigenvalue weighted by molar-refractivity contribution is 5.72. The van der Waals surface area contributed by atoms with E-state index in [1.54, 1.807) is 0 Å². The van der Waals surface area contributed by atoms with E-state index in [1.807, 2.05) is 13.8 Å². The highest BCUT2D eigenvalue weighted by Crippen LogP contribution is 2.10. The molecule has 0 aliphatic heterocycles. The predicted octanol–water partition coefficient (Wildman–Crippen LogP) is 0.143. The number of halogens is 1. The molecule has 0 aromatic rings. The largest absolute Gasteiger partial charge is 0.479 e. The topological polar surface area (TPSA) is 83.5 Å². The van der Waals surface area contributed by atoms with Gasteiger partial charge in [-0.15, -0.1) is 0 Å². The van der Waals surface area contributed by atoms with Crippen molar-refractivity contribution < 1.29 is 19.4 Å². The fraction of sp³-hybridized carbons (Fsp3) is 0.875. The number of alkyl halides is 1. The summed E-state index contributed by atoms with van der Waals surface area (Å²) < 4.78 is 12.7. The Bertz CT molecular complexity index is 175. The molecule has 0 aliphatic carbocycles. The van der Waals surface area contributed by atoms with Crippen LogP contribution in [0.3, 0.4) is 0 Å². The first-order chi connectivity index (χ1) is 5.86. The molecule has 0 bridgehead atoms. The maximum Gasteiger partial charge on any atom is 0.341 e. The summed E-state index contributed by atoms with van der Waals surface area (Å²) in [5.41, 5.74) is 5.40. The van der Waals surface area contributed by atoms with Crippen LogP contribution in [0, 0.1) is 5.92 Å². The minimum Gasteiger partial charge on any atom is -0.479 e. The Balaban J connectivity index is 4.08. The third kappa shape index (κ3) is 4.19. The molecule has 0 aliphatic rings. The lowest BCUT2D eigenvalue weighted by Gasteiger charge is -2.21. The predicted molar refractivity (Wildman–Crippen MR) is 46.0 cm³/mol. The van der Waals surface area contributed by atoms with E-state index in [9.17, 15) is 9.18 Å². The summed E-state index contributed by atoms with van der Waals surface area (Å²) in [4.78, 5) is 10.1. The van der Waals surface area contributed by atoms with Gasteiger partial charge in [0.25, 0.3) is 0 Å². The number of carbonyl (C=O) groups is 1. The van der Waals surface area contributed by atoms with Crippen LogP contribution in [0.5, 0.6) is 0 Å². The normalized spacial score (nSPS) is 18.3. The average molecular weight is 193 g/mol. The summed E-state index contributed by atoms with van der Waals surface area (Å²) in [6.07, 6.45) is -3.52. The molecule has 0 aromatic carbocycles. The average Bonchev–Trinajstić information content (AvgIpc) is 2.00. The Hall–Kier alpha value is -0.680. The number of aliphatic hydroxyl groups is 1. The number of hydrogen-bond acceptors (Lipinski definition) is 3. The number of hydrogen-bond donors (Lipinski definition) is 3. The Labute approximate surface area is 76.5 Å². The van der Waals surface area contributed by atoms with Gasteiger partial charge in [-0.25, -0.2) is 9.18 Å². The van der Waals surface area contributed by atoms with Crippen LogP contribution in [0.15, 0.2) is 0 Å². The summed E-state index contributed by atoms with van der Waals surface area (Å²) >= 11 is 0. The maximum absolute atomic E-state index is 12.7. The van der Waals surface area contributed by atoms with E-state index in [0.717, 1.165) is 0 Å². The smallest absolute Gasteiger partial charge is 0.341 e. The van der Waals surface area contributed by atoms with Gasteiger partial charge in [0.1, 0.15) is 6.10 Å². The molecule has 13 heavy (non-hydrogen) atoms. The maximum atomic E-state index is 12.7. The van der Waals surface area contributed by atoms with E-state index in [0.29, 0.717) is 6.42 Å².